The molecular formula is C32H37N5O5S. The van der Waals surface area contributed by atoms with Crippen molar-refractivity contribution < 1.29 is 24.2 Å². The summed E-state index contributed by atoms with van der Waals surface area (Å²) in [4.78, 5) is 34.7. The third-order valence-corrected chi connectivity index (χ3v) is 6.99. The van der Waals surface area contributed by atoms with Crippen molar-refractivity contribution in [3.63, 3.8) is 0 Å². The lowest BCUT2D eigenvalue weighted by Gasteiger charge is -2.31. The van der Waals surface area contributed by atoms with Gasteiger partial charge in [0.25, 0.3) is 0 Å². The minimum atomic E-state index is -1.08. The number of carbonyl (C=O) groups excluding carboxylic acids is 2. The van der Waals surface area contributed by atoms with Gasteiger partial charge in [0.15, 0.2) is 0 Å². The number of amides is 2. The average Bonchev–Trinajstić information content (AvgIpc) is 3.50. The molecule has 2 amide bonds. The van der Waals surface area contributed by atoms with Crippen molar-refractivity contribution in [2.45, 2.75) is 58.1 Å². The van der Waals surface area contributed by atoms with E-state index in [4.69, 9.17) is 9.47 Å². The van der Waals surface area contributed by atoms with Gasteiger partial charge in [-0.1, -0.05) is 60.7 Å². The van der Waals surface area contributed by atoms with Gasteiger partial charge >= 0.3 is 12.2 Å². The van der Waals surface area contributed by atoms with Gasteiger partial charge in [-0.3, -0.25) is 15.4 Å². The zero-order valence-corrected chi connectivity index (χ0v) is 25.3. The molecule has 43 heavy (non-hydrogen) atoms. The Kier molecular flexibility index (Phi) is 11.2. The van der Waals surface area contributed by atoms with Crippen molar-refractivity contribution >= 4 is 23.5 Å². The van der Waals surface area contributed by atoms with Crippen LogP contribution < -0.4 is 10.7 Å². The molecule has 2 aromatic heterocycles. The molecule has 226 valence electrons. The fourth-order valence-electron chi connectivity index (χ4n) is 4.26. The van der Waals surface area contributed by atoms with E-state index in [-0.39, 0.29) is 19.7 Å². The van der Waals surface area contributed by atoms with E-state index in [1.807, 2.05) is 72.8 Å². The number of benzene rings is 2. The maximum atomic E-state index is 12.8. The van der Waals surface area contributed by atoms with Gasteiger partial charge in [-0.15, -0.1) is 11.3 Å². The maximum absolute atomic E-state index is 12.8. The molecule has 0 radical (unpaired) electrons. The Bertz CT molecular complexity index is 1410. The Hall–Kier alpha value is -4.32. The van der Waals surface area contributed by atoms with E-state index in [1.165, 1.54) is 11.3 Å². The number of aromatic nitrogens is 2. The lowest BCUT2D eigenvalue weighted by atomic mass is 10.0. The Morgan fingerprint density at radius 2 is 1.72 bits per heavy atom. The van der Waals surface area contributed by atoms with Crippen molar-refractivity contribution in [1.82, 2.24) is 25.7 Å². The van der Waals surface area contributed by atoms with Crippen LogP contribution in [0.1, 0.15) is 36.8 Å². The first-order valence-corrected chi connectivity index (χ1v) is 14.8. The van der Waals surface area contributed by atoms with Crippen LogP contribution in [-0.4, -0.2) is 56.6 Å². The molecule has 2 unspecified atom stereocenters. The number of hydrogen-bond acceptors (Lipinski definition) is 9. The van der Waals surface area contributed by atoms with Crippen LogP contribution in [0.3, 0.4) is 0 Å². The summed E-state index contributed by atoms with van der Waals surface area (Å²) in [6.45, 7) is 5.67. The number of nitrogens with one attached hydrogen (secondary N) is 2. The zero-order chi connectivity index (χ0) is 30.7. The summed E-state index contributed by atoms with van der Waals surface area (Å²) in [5, 5.41) is 15.8. The first kappa shape index (κ1) is 31.6. The summed E-state index contributed by atoms with van der Waals surface area (Å²) in [6.07, 6.45) is 1.32. The van der Waals surface area contributed by atoms with Crippen LogP contribution in [0.4, 0.5) is 9.59 Å². The number of thiazole rings is 1. The van der Waals surface area contributed by atoms with Crippen molar-refractivity contribution in [3.05, 3.63) is 107 Å². The number of hydrazine groups is 1. The number of carbonyl (C=O) groups is 2. The van der Waals surface area contributed by atoms with E-state index >= 15 is 0 Å². The van der Waals surface area contributed by atoms with Crippen molar-refractivity contribution in [3.8, 4) is 11.3 Å². The maximum Gasteiger partial charge on any atom is 0.422 e. The normalized spacial score (nSPS) is 12.8. The van der Waals surface area contributed by atoms with Crippen molar-refractivity contribution in [1.29, 1.82) is 0 Å². The van der Waals surface area contributed by atoms with Gasteiger partial charge in [-0.2, -0.15) is 0 Å². The lowest BCUT2D eigenvalue weighted by molar-refractivity contribution is 0.0141. The smallest absolute Gasteiger partial charge is 0.422 e. The predicted octanol–water partition coefficient (Wildman–Crippen LogP) is 5.35. The Labute approximate surface area is 255 Å². The van der Waals surface area contributed by atoms with Gasteiger partial charge in [0.05, 0.1) is 28.2 Å². The third-order valence-electron chi connectivity index (χ3n) is 6.24. The number of hydrogen-bond donors (Lipinski definition) is 3. The summed E-state index contributed by atoms with van der Waals surface area (Å²) in [5.74, 6) is 0. The number of aliphatic hydroxyl groups excluding tert-OH is 1. The molecule has 4 aromatic rings. The Morgan fingerprint density at radius 3 is 2.37 bits per heavy atom. The molecule has 11 heteroatoms. The second-order valence-electron chi connectivity index (χ2n) is 11.0. The van der Waals surface area contributed by atoms with E-state index in [0.29, 0.717) is 6.42 Å². The Balaban J connectivity index is 1.49. The quantitative estimate of drug-likeness (QED) is 0.185. The standard InChI is InChI=1S/C32H37N5O5S/c1-32(2,3)42-31(40)36-37(19-24-12-14-25(15-13-24)27-11-7-8-16-34-27)20-29(38)28(17-23-9-5-4-6-10-23)35-30(39)41-21-26-18-33-22-43-26/h4-16,18,22,28-29,38H,17,19-21H2,1-3H3,(H,35,39)(H,36,40). The molecule has 0 fully saturated rings. The molecule has 0 aliphatic rings. The zero-order valence-electron chi connectivity index (χ0n) is 24.5. The minimum Gasteiger partial charge on any atom is -0.444 e. The molecule has 0 aliphatic heterocycles. The number of alkyl carbamates (subject to hydrolysis) is 1. The first-order valence-electron chi connectivity index (χ1n) is 13.9. The van der Waals surface area contributed by atoms with Gasteiger partial charge in [-0.05, 0) is 50.5 Å². The van der Waals surface area contributed by atoms with Gasteiger partial charge in [-0.25, -0.2) is 14.6 Å². The fourth-order valence-corrected chi connectivity index (χ4v) is 4.77. The van der Waals surface area contributed by atoms with Crippen LogP contribution in [0.25, 0.3) is 11.3 Å². The topological polar surface area (TPSA) is 126 Å². The molecule has 0 spiro atoms. The summed E-state index contributed by atoms with van der Waals surface area (Å²) < 4.78 is 10.9. The predicted molar refractivity (Wildman–Crippen MR) is 165 cm³/mol. The van der Waals surface area contributed by atoms with Crippen LogP contribution in [0.2, 0.25) is 0 Å². The molecule has 0 bridgehead atoms. The van der Waals surface area contributed by atoms with Crippen LogP contribution in [0.15, 0.2) is 90.7 Å². The molecule has 2 heterocycles. The molecule has 10 nitrogen and oxygen atoms in total. The summed E-state index contributed by atoms with van der Waals surface area (Å²) >= 11 is 1.38. The van der Waals surface area contributed by atoms with Crippen molar-refractivity contribution in [2.75, 3.05) is 6.54 Å². The molecule has 2 atom stereocenters. The van der Waals surface area contributed by atoms with Gasteiger partial charge < -0.3 is 19.9 Å². The van der Waals surface area contributed by atoms with E-state index in [2.05, 4.69) is 20.7 Å². The molecule has 4 rings (SSSR count). The molecule has 2 aromatic carbocycles. The molecule has 0 aliphatic carbocycles. The van der Waals surface area contributed by atoms with Crippen LogP contribution in [-0.2, 0) is 29.0 Å². The largest absolute Gasteiger partial charge is 0.444 e. The lowest BCUT2D eigenvalue weighted by Crippen LogP contribution is -2.53. The number of nitrogens with zero attached hydrogens (tertiary/aromatic N) is 3. The number of pyridine rings is 1. The summed E-state index contributed by atoms with van der Waals surface area (Å²) in [5.41, 5.74) is 7.34. The van der Waals surface area contributed by atoms with Crippen LogP contribution in [0.5, 0.6) is 0 Å². The Morgan fingerprint density at radius 1 is 0.977 bits per heavy atom. The van der Waals surface area contributed by atoms with E-state index in [1.54, 1.807) is 43.7 Å². The molecule has 3 N–H and O–H groups in total. The third kappa shape index (κ3) is 10.8. The van der Waals surface area contributed by atoms with E-state index in [9.17, 15) is 14.7 Å². The highest BCUT2D eigenvalue weighted by Crippen LogP contribution is 2.18. The highest BCUT2D eigenvalue weighted by Gasteiger charge is 2.27. The highest BCUT2D eigenvalue weighted by molar-refractivity contribution is 7.09. The summed E-state index contributed by atoms with van der Waals surface area (Å²) in [7, 11) is 0. The van der Waals surface area contributed by atoms with E-state index in [0.717, 1.165) is 27.3 Å². The second kappa shape index (κ2) is 15.2. The fraction of sp³-hybridized carbons (Fsp3) is 0.312. The van der Waals surface area contributed by atoms with Gasteiger partial charge in [0.1, 0.15) is 12.2 Å². The average molecular weight is 604 g/mol. The van der Waals surface area contributed by atoms with Gasteiger partial charge in [0, 0.05) is 31.0 Å². The minimum absolute atomic E-state index is 0.00609. The van der Waals surface area contributed by atoms with Gasteiger partial charge in [0.2, 0.25) is 0 Å². The van der Waals surface area contributed by atoms with E-state index < -0.39 is 29.9 Å². The van der Waals surface area contributed by atoms with Crippen LogP contribution >= 0.6 is 11.3 Å². The number of aliphatic hydroxyl groups is 1. The first-order chi connectivity index (χ1) is 20.6. The molecular weight excluding hydrogens is 566 g/mol. The van der Waals surface area contributed by atoms with Crippen molar-refractivity contribution in [2.24, 2.45) is 0 Å². The monoisotopic (exact) mass is 603 g/mol. The molecule has 0 saturated heterocycles. The SMILES string of the molecule is CC(C)(C)OC(=O)NN(Cc1ccc(-c2ccccn2)cc1)CC(O)C(Cc1ccccc1)NC(=O)OCc1cncs1. The highest BCUT2D eigenvalue weighted by atomic mass is 32.1. The molecule has 0 saturated carbocycles. The second-order valence-corrected chi connectivity index (χ2v) is 11.9. The summed E-state index contributed by atoms with van der Waals surface area (Å²) in [6, 6.07) is 22.3. The number of rotatable bonds is 12. The number of ether oxygens (including phenoxy) is 2. The van der Waals surface area contributed by atoms with Crippen LogP contribution in [0, 0.1) is 0 Å².